The molecule has 0 aliphatic heterocycles. The first-order valence-electron chi connectivity index (χ1n) is 10.6. The van der Waals surface area contributed by atoms with Crippen LogP contribution in [0.5, 0.6) is 11.5 Å². The number of nitrogens with zero attached hydrogens (tertiary/aromatic N) is 7. The van der Waals surface area contributed by atoms with Crippen LogP contribution in [0.2, 0.25) is 0 Å². The SMILES string of the molecule is COc1ccccc1-c1c(C#N)cnc2nc(Cc3ccc(-n4cnc(C)c4)c(OC)c3)nn12. The first-order valence-corrected chi connectivity index (χ1v) is 10.6. The van der Waals surface area contributed by atoms with Gasteiger partial charge in [0.05, 0.1) is 49.4 Å². The molecular weight excluding hydrogens is 430 g/mol. The highest BCUT2D eigenvalue weighted by molar-refractivity contribution is 5.73. The number of fused-ring (bicyclic) bond motifs is 1. The fourth-order valence-electron chi connectivity index (χ4n) is 3.91. The Kier molecular flexibility index (Phi) is 5.40. The van der Waals surface area contributed by atoms with E-state index >= 15 is 0 Å². The highest BCUT2D eigenvalue weighted by Gasteiger charge is 2.18. The highest BCUT2D eigenvalue weighted by atomic mass is 16.5. The molecule has 0 saturated heterocycles. The van der Waals surface area contributed by atoms with Crippen molar-refractivity contribution in [3.63, 3.8) is 0 Å². The standard InChI is InChI=1S/C25H21N7O2/c1-16-14-31(15-28-16)20-9-8-17(10-22(20)34-3)11-23-29-25-27-13-18(12-26)24(32(25)30-23)19-6-4-5-7-21(19)33-2/h4-10,13-15H,11H2,1-3H3. The normalized spacial score (nSPS) is 10.9. The fourth-order valence-corrected chi connectivity index (χ4v) is 3.91. The highest BCUT2D eigenvalue weighted by Crippen LogP contribution is 2.32. The number of para-hydroxylation sites is 1. The number of benzene rings is 2. The molecular formula is C25H21N7O2. The maximum absolute atomic E-state index is 9.71. The number of aryl methyl sites for hydroxylation is 1. The number of methoxy groups -OCH3 is 2. The molecule has 0 N–H and O–H groups in total. The fraction of sp³-hybridized carbons (Fsp3) is 0.160. The first kappa shape index (κ1) is 21.2. The zero-order chi connectivity index (χ0) is 23.7. The molecule has 0 spiro atoms. The molecule has 3 aromatic heterocycles. The zero-order valence-electron chi connectivity index (χ0n) is 18.9. The van der Waals surface area contributed by atoms with Gasteiger partial charge in [-0.25, -0.2) is 9.97 Å². The van der Waals surface area contributed by atoms with E-state index < -0.39 is 0 Å². The van der Waals surface area contributed by atoms with Crippen molar-refractivity contribution in [3.8, 4) is 34.5 Å². The first-order chi connectivity index (χ1) is 16.6. The summed E-state index contributed by atoms with van der Waals surface area (Å²) in [4.78, 5) is 13.2. The molecule has 0 unspecified atom stereocenters. The number of hydrogen-bond acceptors (Lipinski definition) is 7. The van der Waals surface area contributed by atoms with Crippen LogP contribution in [-0.2, 0) is 6.42 Å². The number of ether oxygens (including phenoxy) is 2. The summed E-state index contributed by atoms with van der Waals surface area (Å²) in [6.07, 6.45) is 5.68. The van der Waals surface area contributed by atoms with E-state index in [1.165, 1.54) is 6.20 Å². The van der Waals surface area contributed by atoms with E-state index in [-0.39, 0.29) is 0 Å². The molecule has 0 fully saturated rings. The average molecular weight is 451 g/mol. The van der Waals surface area contributed by atoms with Crippen molar-refractivity contribution in [1.82, 2.24) is 29.1 Å². The molecule has 9 nitrogen and oxygen atoms in total. The molecule has 0 amide bonds. The monoisotopic (exact) mass is 451 g/mol. The summed E-state index contributed by atoms with van der Waals surface area (Å²) in [6, 6.07) is 15.7. The number of hydrogen-bond donors (Lipinski definition) is 0. The molecule has 0 bridgehead atoms. The minimum absolute atomic E-state index is 0.384. The number of imidazole rings is 1. The maximum atomic E-state index is 9.71. The Morgan fingerprint density at radius 2 is 1.85 bits per heavy atom. The molecule has 5 rings (SSSR count). The van der Waals surface area contributed by atoms with Crippen LogP contribution in [0.1, 0.15) is 22.6 Å². The molecule has 5 aromatic rings. The van der Waals surface area contributed by atoms with Gasteiger partial charge in [0.25, 0.3) is 5.78 Å². The van der Waals surface area contributed by atoms with Crippen LogP contribution in [-0.4, -0.2) is 43.4 Å². The van der Waals surface area contributed by atoms with Gasteiger partial charge >= 0.3 is 0 Å². The second kappa shape index (κ2) is 8.67. The minimum Gasteiger partial charge on any atom is -0.496 e. The lowest BCUT2D eigenvalue weighted by Gasteiger charge is -2.11. The van der Waals surface area contributed by atoms with Gasteiger partial charge in [0.15, 0.2) is 5.82 Å². The van der Waals surface area contributed by atoms with Gasteiger partial charge in [-0.2, -0.15) is 14.8 Å². The Hall–Kier alpha value is -4.71. The lowest BCUT2D eigenvalue weighted by atomic mass is 10.1. The Balaban J connectivity index is 1.55. The largest absolute Gasteiger partial charge is 0.496 e. The van der Waals surface area contributed by atoms with Crippen molar-refractivity contribution in [2.24, 2.45) is 0 Å². The second-order valence-corrected chi connectivity index (χ2v) is 7.68. The zero-order valence-corrected chi connectivity index (χ0v) is 18.9. The molecule has 0 aliphatic rings. The molecule has 9 heteroatoms. The maximum Gasteiger partial charge on any atom is 0.253 e. The lowest BCUT2D eigenvalue weighted by molar-refractivity contribution is 0.412. The Morgan fingerprint density at radius 1 is 1.03 bits per heavy atom. The van der Waals surface area contributed by atoms with Crippen LogP contribution < -0.4 is 9.47 Å². The van der Waals surface area contributed by atoms with E-state index in [2.05, 4.69) is 26.1 Å². The van der Waals surface area contributed by atoms with Crippen molar-refractivity contribution < 1.29 is 9.47 Å². The Morgan fingerprint density at radius 3 is 2.59 bits per heavy atom. The molecule has 0 aliphatic carbocycles. The summed E-state index contributed by atoms with van der Waals surface area (Å²) in [5, 5.41) is 14.4. The van der Waals surface area contributed by atoms with Gasteiger partial charge in [-0.15, -0.1) is 5.10 Å². The van der Waals surface area contributed by atoms with Crippen molar-refractivity contribution in [2.75, 3.05) is 14.2 Å². The predicted molar refractivity (Wildman–Crippen MR) is 125 cm³/mol. The molecule has 168 valence electrons. The van der Waals surface area contributed by atoms with Crippen LogP contribution in [0.4, 0.5) is 0 Å². The van der Waals surface area contributed by atoms with Crippen molar-refractivity contribution >= 4 is 5.78 Å². The quantitative estimate of drug-likeness (QED) is 0.387. The summed E-state index contributed by atoms with van der Waals surface area (Å²) in [6.45, 7) is 1.94. The minimum atomic E-state index is 0.384. The van der Waals surface area contributed by atoms with Crippen LogP contribution in [0.3, 0.4) is 0 Å². The van der Waals surface area contributed by atoms with Gasteiger partial charge in [0.2, 0.25) is 0 Å². The molecule has 0 atom stereocenters. The predicted octanol–water partition coefficient (Wildman–Crippen LogP) is 3.77. The molecule has 34 heavy (non-hydrogen) atoms. The van der Waals surface area contributed by atoms with Crippen LogP contribution in [0, 0.1) is 18.3 Å². The Bertz CT molecular complexity index is 1540. The van der Waals surface area contributed by atoms with Crippen LogP contribution in [0.15, 0.2) is 61.2 Å². The van der Waals surface area contributed by atoms with E-state index in [0.29, 0.717) is 35.0 Å². The van der Waals surface area contributed by atoms with E-state index in [9.17, 15) is 5.26 Å². The van der Waals surface area contributed by atoms with E-state index in [1.807, 2.05) is 60.2 Å². The van der Waals surface area contributed by atoms with Crippen LogP contribution in [0.25, 0.3) is 22.7 Å². The van der Waals surface area contributed by atoms with E-state index in [4.69, 9.17) is 9.47 Å². The second-order valence-electron chi connectivity index (χ2n) is 7.68. The smallest absolute Gasteiger partial charge is 0.253 e. The lowest BCUT2D eigenvalue weighted by Crippen LogP contribution is -2.02. The molecule has 2 aromatic carbocycles. The summed E-state index contributed by atoms with van der Waals surface area (Å²) in [7, 11) is 3.24. The van der Waals surface area contributed by atoms with E-state index in [0.717, 1.165) is 28.3 Å². The molecule has 3 heterocycles. The molecule has 0 radical (unpaired) electrons. The third-order valence-electron chi connectivity index (χ3n) is 5.49. The summed E-state index contributed by atoms with van der Waals surface area (Å²) in [5.41, 5.74) is 4.52. The summed E-state index contributed by atoms with van der Waals surface area (Å²) < 4.78 is 14.7. The topological polar surface area (TPSA) is 103 Å². The van der Waals surface area contributed by atoms with Gasteiger partial charge in [-0.1, -0.05) is 18.2 Å². The number of rotatable bonds is 6. The van der Waals surface area contributed by atoms with Gasteiger partial charge in [0, 0.05) is 18.2 Å². The van der Waals surface area contributed by atoms with Crippen molar-refractivity contribution in [1.29, 1.82) is 5.26 Å². The van der Waals surface area contributed by atoms with Crippen LogP contribution >= 0.6 is 0 Å². The van der Waals surface area contributed by atoms with Gasteiger partial charge in [-0.3, -0.25) is 0 Å². The number of nitriles is 1. The van der Waals surface area contributed by atoms with Gasteiger partial charge in [-0.05, 0) is 36.8 Å². The van der Waals surface area contributed by atoms with E-state index in [1.54, 1.807) is 25.1 Å². The van der Waals surface area contributed by atoms with Crippen molar-refractivity contribution in [3.05, 3.63) is 83.8 Å². The third kappa shape index (κ3) is 3.71. The third-order valence-corrected chi connectivity index (χ3v) is 5.49. The Labute approximate surface area is 195 Å². The number of aromatic nitrogens is 6. The van der Waals surface area contributed by atoms with Crippen molar-refractivity contribution in [2.45, 2.75) is 13.3 Å². The summed E-state index contributed by atoms with van der Waals surface area (Å²) >= 11 is 0. The van der Waals surface area contributed by atoms with Gasteiger partial charge in [0.1, 0.15) is 17.6 Å². The average Bonchev–Trinajstić information content (AvgIpc) is 3.48. The molecule has 0 saturated carbocycles. The summed E-state index contributed by atoms with van der Waals surface area (Å²) in [5.74, 6) is 2.34. The van der Waals surface area contributed by atoms with Gasteiger partial charge < -0.3 is 14.0 Å².